The second-order valence-corrected chi connectivity index (χ2v) is 6.49. The number of nitrogens with one attached hydrogen (secondary N) is 1. The summed E-state index contributed by atoms with van der Waals surface area (Å²) in [5.74, 6) is 1.38. The molecule has 0 bridgehead atoms. The van der Waals surface area contributed by atoms with Crippen LogP contribution in [0.5, 0.6) is 0 Å². The monoisotopic (exact) mass is 212 g/mol. The van der Waals surface area contributed by atoms with E-state index in [-0.39, 0.29) is 6.04 Å². The van der Waals surface area contributed by atoms with E-state index in [9.17, 15) is 0 Å². The molecule has 90 valence electrons. The van der Waals surface area contributed by atoms with Gasteiger partial charge < -0.3 is 11.1 Å². The van der Waals surface area contributed by atoms with Crippen molar-refractivity contribution in [2.75, 3.05) is 13.1 Å². The van der Waals surface area contributed by atoms with Crippen molar-refractivity contribution in [1.82, 2.24) is 5.32 Å². The molecule has 2 nitrogen and oxygen atoms in total. The van der Waals surface area contributed by atoms with Gasteiger partial charge in [0, 0.05) is 6.04 Å². The Morgan fingerprint density at radius 3 is 1.93 bits per heavy atom. The highest BCUT2D eigenvalue weighted by molar-refractivity contribution is 5.12. The minimum Gasteiger partial charge on any atom is -0.328 e. The van der Waals surface area contributed by atoms with Crippen LogP contribution in [0.1, 0.15) is 41.5 Å². The molecule has 1 rings (SSSR count). The van der Waals surface area contributed by atoms with E-state index in [2.05, 4.69) is 46.9 Å². The third-order valence-electron chi connectivity index (χ3n) is 5.03. The first-order valence-electron chi connectivity index (χ1n) is 6.17. The highest BCUT2D eigenvalue weighted by Crippen LogP contribution is 2.67. The topological polar surface area (TPSA) is 38.0 Å². The third-order valence-corrected chi connectivity index (χ3v) is 5.03. The van der Waals surface area contributed by atoms with E-state index in [1.165, 1.54) is 0 Å². The summed E-state index contributed by atoms with van der Waals surface area (Å²) in [6.45, 7) is 15.9. The molecule has 0 heterocycles. The molecule has 0 aromatic heterocycles. The van der Waals surface area contributed by atoms with Crippen molar-refractivity contribution >= 4 is 0 Å². The number of hydrogen-bond donors (Lipinski definition) is 2. The predicted molar refractivity (Wildman–Crippen MR) is 66.7 cm³/mol. The molecule has 1 aliphatic rings. The normalized spacial score (nSPS) is 27.4. The molecule has 2 heteroatoms. The fourth-order valence-electron chi connectivity index (χ4n) is 2.48. The van der Waals surface area contributed by atoms with Crippen LogP contribution < -0.4 is 11.1 Å². The largest absolute Gasteiger partial charge is 0.328 e. The van der Waals surface area contributed by atoms with E-state index in [1.807, 2.05) is 0 Å². The molecule has 3 N–H and O–H groups in total. The molecule has 2 unspecified atom stereocenters. The van der Waals surface area contributed by atoms with Crippen LogP contribution >= 0.6 is 0 Å². The van der Waals surface area contributed by atoms with Crippen molar-refractivity contribution in [2.24, 2.45) is 28.4 Å². The fraction of sp³-hybridized carbons (Fsp3) is 1.00. The van der Waals surface area contributed by atoms with E-state index < -0.39 is 0 Å². The summed E-state index contributed by atoms with van der Waals surface area (Å²) in [7, 11) is 0. The zero-order chi connectivity index (χ0) is 11.9. The average Bonchev–Trinajstić information content (AvgIpc) is 2.46. The van der Waals surface area contributed by atoms with E-state index in [4.69, 9.17) is 5.73 Å². The van der Waals surface area contributed by atoms with Crippen molar-refractivity contribution in [2.45, 2.75) is 47.6 Å². The smallest absolute Gasteiger partial charge is 0.00482 e. The van der Waals surface area contributed by atoms with Crippen LogP contribution in [-0.4, -0.2) is 19.1 Å². The van der Waals surface area contributed by atoms with Crippen LogP contribution in [0.2, 0.25) is 0 Å². The Morgan fingerprint density at radius 1 is 1.13 bits per heavy atom. The summed E-state index contributed by atoms with van der Waals surface area (Å²) in [5.41, 5.74) is 6.83. The Morgan fingerprint density at radius 2 is 1.60 bits per heavy atom. The maximum absolute atomic E-state index is 5.84. The van der Waals surface area contributed by atoms with E-state index in [1.54, 1.807) is 0 Å². The van der Waals surface area contributed by atoms with Gasteiger partial charge in [-0.2, -0.15) is 0 Å². The summed E-state index contributed by atoms with van der Waals surface area (Å²) in [6.07, 6.45) is 0. The molecule has 2 atom stereocenters. The summed E-state index contributed by atoms with van der Waals surface area (Å²) in [4.78, 5) is 0. The van der Waals surface area contributed by atoms with Crippen LogP contribution in [0.3, 0.4) is 0 Å². The van der Waals surface area contributed by atoms with Gasteiger partial charge in [-0.1, -0.05) is 34.6 Å². The van der Waals surface area contributed by atoms with Crippen LogP contribution in [-0.2, 0) is 0 Å². The van der Waals surface area contributed by atoms with Gasteiger partial charge in [0.2, 0.25) is 0 Å². The highest BCUT2D eigenvalue weighted by Gasteiger charge is 2.63. The van der Waals surface area contributed by atoms with Crippen LogP contribution in [0.4, 0.5) is 0 Å². The molecule has 0 radical (unpaired) electrons. The molecule has 0 amide bonds. The van der Waals surface area contributed by atoms with Crippen LogP contribution in [0, 0.1) is 22.7 Å². The van der Waals surface area contributed by atoms with E-state index in [0.29, 0.717) is 16.7 Å². The standard InChI is InChI=1S/C13H28N2/c1-9(10(2)14)7-15-8-11-12(3,4)13(11,5)6/h9-11,15H,7-8,14H2,1-6H3. The van der Waals surface area contributed by atoms with Gasteiger partial charge in [0.05, 0.1) is 0 Å². The second kappa shape index (κ2) is 4.06. The van der Waals surface area contributed by atoms with Gasteiger partial charge in [0.1, 0.15) is 0 Å². The van der Waals surface area contributed by atoms with Crippen LogP contribution in [0.15, 0.2) is 0 Å². The SMILES string of the molecule is CC(N)C(C)CNCC1C(C)(C)C1(C)C. The highest BCUT2D eigenvalue weighted by atomic mass is 14.9. The summed E-state index contributed by atoms with van der Waals surface area (Å²) in [5, 5.41) is 3.56. The first-order chi connectivity index (χ1) is 6.71. The lowest BCUT2D eigenvalue weighted by molar-refractivity contribution is 0.426. The number of hydrogen-bond acceptors (Lipinski definition) is 2. The first kappa shape index (κ1) is 13.0. The zero-order valence-electron chi connectivity index (χ0n) is 11.2. The molecule has 0 spiro atoms. The molecular weight excluding hydrogens is 184 g/mol. The van der Waals surface area contributed by atoms with E-state index >= 15 is 0 Å². The summed E-state index contributed by atoms with van der Waals surface area (Å²) >= 11 is 0. The maximum atomic E-state index is 5.84. The van der Waals surface area contributed by atoms with Crippen molar-refractivity contribution in [1.29, 1.82) is 0 Å². The zero-order valence-corrected chi connectivity index (χ0v) is 11.2. The Balaban J connectivity index is 2.24. The summed E-state index contributed by atoms with van der Waals surface area (Å²) < 4.78 is 0. The maximum Gasteiger partial charge on any atom is 0.00482 e. The predicted octanol–water partition coefficient (Wildman–Crippen LogP) is 2.24. The summed E-state index contributed by atoms with van der Waals surface area (Å²) in [6, 6.07) is 0.290. The van der Waals surface area contributed by atoms with Gasteiger partial charge in [0.25, 0.3) is 0 Å². The third kappa shape index (κ3) is 2.36. The molecule has 1 saturated carbocycles. The van der Waals surface area contributed by atoms with Gasteiger partial charge in [-0.3, -0.25) is 0 Å². The van der Waals surface area contributed by atoms with E-state index in [0.717, 1.165) is 19.0 Å². The fourth-order valence-corrected chi connectivity index (χ4v) is 2.48. The second-order valence-electron chi connectivity index (χ2n) is 6.49. The Labute approximate surface area is 95.0 Å². The molecule has 0 aromatic rings. The van der Waals surface area contributed by atoms with Crippen molar-refractivity contribution in [3.05, 3.63) is 0 Å². The van der Waals surface area contributed by atoms with Crippen molar-refractivity contribution < 1.29 is 0 Å². The van der Waals surface area contributed by atoms with Crippen molar-refractivity contribution in [3.63, 3.8) is 0 Å². The lowest BCUT2D eigenvalue weighted by Crippen LogP contribution is -2.34. The van der Waals surface area contributed by atoms with Gasteiger partial charge in [-0.25, -0.2) is 0 Å². The Hall–Kier alpha value is -0.0800. The minimum atomic E-state index is 0.290. The Kier molecular flexibility index (Phi) is 3.52. The number of rotatable bonds is 5. The van der Waals surface area contributed by atoms with Gasteiger partial charge in [0.15, 0.2) is 0 Å². The molecule has 0 saturated heterocycles. The number of nitrogens with two attached hydrogens (primary N) is 1. The average molecular weight is 212 g/mol. The lowest BCUT2D eigenvalue weighted by atomic mass is 10.0. The lowest BCUT2D eigenvalue weighted by Gasteiger charge is -2.16. The molecule has 1 fully saturated rings. The Bertz CT molecular complexity index is 205. The first-order valence-corrected chi connectivity index (χ1v) is 6.17. The van der Waals surface area contributed by atoms with Gasteiger partial charge in [-0.05, 0) is 42.7 Å². The minimum absolute atomic E-state index is 0.290. The molecular formula is C13H28N2. The molecule has 15 heavy (non-hydrogen) atoms. The molecule has 1 aliphatic carbocycles. The van der Waals surface area contributed by atoms with Crippen molar-refractivity contribution in [3.8, 4) is 0 Å². The molecule has 0 aliphatic heterocycles. The molecule has 0 aromatic carbocycles. The van der Waals surface area contributed by atoms with Crippen LogP contribution in [0.25, 0.3) is 0 Å². The quantitative estimate of drug-likeness (QED) is 0.733. The van der Waals surface area contributed by atoms with Gasteiger partial charge >= 0.3 is 0 Å². The van der Waals surface area contributed by atoms with Gasteiger partial charge in [-0.15, -0.1) is 0 Å².